The molecule has 0 saturated carbocycles. The number of carbonyl (C=O) groups is 1. The lowest BCUT2D eigenvalue weighted by Crippen LogP contribution is -2.07. The molecule has 4 heteroatoms. The molecule has 0 atom stereocenters. The molecule has 1 heterocycles. The SMILES string of the molecule is C=Cc1nccc(NC(C)=O)n1. The predicted octanol–water partition coefficient (Wildman–Crippen LogP) is 1.08. The van der Waals surface area contributed by atoms with Crippen LogP contribution in [0, 0.1) is 0 Å². The van der Waals surface area contributed by atoms with E-state index in [-0.39, 0.29) is 5.91 Å². The van der Waals surface area contributed by atoms with Crippen LogP contribution < -0.4 is 5.32 Å². The summed E-state index contributed by atoms with van der Waals surface area (Å²) in [5.74, 6) is 0.845. The maximum Gasteiger partial charge on any atom is 0.222 e. The van der Waals surface area contributed by atoms with Gasteiger partial charge in [0.1, 0.15) is 5.82 Å². The van der Waals surface area contributed by atoms with Crippen LogP contribution in [-0.2, 0) is 4.79 Å². The van der Waals surface area contributed by atoms with Crippen molar-refractivity contribution in [2.75, 3.05) is 5.32 Å². The number of anilines is 1. The third-order valence-corrected chi connectivity index (χ3v) is 1.16. The van der Waals surface area contributed by atoms with Gasteiger partial charge in [-0.25, -0.2) is 9.97 Å². The van der Waals surface area contributed by atoms with Gasteiger partial charge in [0.05, 0.1) is 0 Å². The molecule has 0 bridgehead atoms. The normalized spacial score (nSPS) is 9.08. The van der Waals surface area contributed by atoms with Gasteiger partial charge >= 0.3 is 0 Å². The van der Waals surface area contributed by atoms with Crippen molar-refractivity contribution in [3.8, 4) is 0 Å². The Hall–Kier alpha value is -1.71. The van der Waals surface area contributed by atoms with Gasteiger partial charge in [-0.2, -0.15) is 0 Å². The Labute approximate surface area is 70.4 Å². The molecular formula is C8H9N3O. The van der Waals surface area contributed by atoms with Crippen molar-refractivity contribution in [2.24, 2.45) is 0 Å². The fraction of sp³-hybridized carbons (Fsp3) is 0.125. The lowest BCUT2D eigenvalue weighted by Gasteiger charge is -1.99. The Morgan fingerprint density at radius 1 is 1.75 bits per heavy atom. The summed E-state index contributed by atoms with van der Waals surface area (Å²) in [6.45, 7) is 4.94. The van der Waals surface area contributed by atoms with Crippen LogP contribution in [0.3, 0.4) is 0 Å². The number of hydrogen-bond donors (Lipinski definition) is 1. The van der Waals surface area contributed by atoms with Gasteiger partial charge in [-0.1, -0.05) is 6.58 Å². The molecule has 1 aromatic rings. The second kappa shape index (κ2) is 3.61. The number of amides is 1. The van der Waals surface area contributed by atoms with Crippen LogP contribution in [0.25, 0.3) is 6.08 Å². The second-order valence-corrected chi connectivity index (χ2v) is 2.19. The maximum absolute atomic E-state index is 10.6. The Bertz CT molecular complexity index is 309. The average molecular weight is 163 g/mol. The molecule has 1 rings (SSSR count). The first-order valence-electron chi connectivity index (χ1n) is 3.45. The van der Waals surface area contributed by atoms with Crippen LogP contribution in [-0.4, -0.2) is 15.9 Å². The molecule has 0 fully saturated rings. The average Bonchev–Trinajstić information content (AvgIpc) is 2.03. The fourth-order valence-corrected chi connectivity index (χ4v) is 0.722. The fourth-order valence-electron chi connectivity index (χ4n) is 0.722. The van der Waals surface area contributed by atoms with Gasteiger partial charge in [0.2, 0.25) is 5.91 Å². The summed E-state index contributed by atoms with van der Waals surface area (Å²) in [6.07, 6.45) is 3.08. The molecule has 1 amide bonds. The van der Waals surface area contributed by atoms with Crippen molar-refractivity contribution >= 4 is 17.8 Å². The van der Waals surface area contributed by atoms with Crippen molar-refractivity contribution in [1.29, 1.82) is 0 Å². The Kier molecular flexibility index (Phi) is 2.53. The molecular weight excluding hydrogens is 154 g/mol. The van der Waals surface area contributed by atoms with Crippen LogP contribution in [0.15, 0.2) is 18.8 Å². The van der Waals surface area contributed by atoms with Gasteiger partial charge in [0.25, 0.3) is 0 Å². The van der Waals surface area contributed by atoms with E-state index >= 15 is 0 Å². The van der Waals surface area contributed by atoms with Crippen molar-refractivity contribution in [2.45, 2.75) is 6.92 Å². The van der Waals surface area contributed by atoms with Gasteiger partial charge in [0.15, 0.2) is 5.82 Å². The molecule has 0 unspecified atom stereocenters. The minimum absolute atomic E-state index is 0.149. The zero-order valence-electron chi connectivity index (χ0n) is 6.74. The molecule has 0 aliphatic rings. The Morgan fingerprint density at radius 2 is 2.50 bits per heavy atom. The smallest absolute Gasteiger partial charge is 0.222 e. The number of hydrogen-bond acceptors (Lipinski definition) is 3. The van der Waals surface area contributed by atoms with E-state index < -0.39 is 0 Å². The Balaban J connectivity index is 2.86. The van der Waals surface area contributed by atoms with E-state index in [9.17, 15) is 4.79 Å². The standard InChI is InChI=1S/C8H9N3O/c1-3-7-9-5-4-8(11-7)10-6(2)12/h3-5H,1H2,2H3,(H,9,10,11,12). The van der Waals surface area contributed by atoms with E-state index in [1.807, 2.05) is 0 Å². The predicted molar refractivity (Wildman–Crippen MR) is 46.4 cm³/mol. The van der Waals surface area contributed by atoms with E-state index in [4.69, 9.17) is 0 Å². The van der Waals surface area contributed by atoms with Crippen molar-refractivity contribution in [3.05, 3.63) is 24.7 Å². The minimum Gasteiger partial charge on any atom is -0.311 e. The molecule has 12 heavy (non-hydrogen) atoms. The highest BCUT2D eigenvalue weighted by Gasteiger charge is 1.96. The van der Waals surface area contributed by atoms with E-state index in [0.29, 0.717) is 11.6 Å². The van der Waals surface area contributed by atoms with Gasteiger partial charge in [-0.05, 0) is 12.1 Å². The summed E-state index contributed by atoms with van der Waals surface area (Å²) in [5.41, 5.74) is 0. The van der Waals surface area contributed by atoms with Crippen LogP contribution >= 0.6 is 0 Å². The van der Waals surface area contributed by atoms with Crippen molar-refractivity contribution < 1.29 is 4.79 Å². The molecule has 0 saturated heterocycles. The Morgan fingerprint density at radius 3 is 3.08 bits per heavy atom. The van der Waals surface area contributed by atoms with Crippen molar-refractivity contribution in [1.82, 2.24) is 9.97 Å². The first-order chi connectivity index (χ1) is 5.72. The van der Waals surface area contributed by atoms with Crippen LogP contribution in [0.5, 0.6) is 0 Å². The summed E-state index contributed by atoms with van der Waals surface area (Å²) < 4.78 is 0. The molecule has 0 aliphatic heterocycles. The van der Waals surface area contributed by atoms with E-state index in [1.165, 1.54) is 13.0 Å². The van der Waals surface area contributed by atoms with E-state index in [0.717, 1.165) is 0 Å². The second-order valence-electron chi connectivity index (χ2n) is 2.19. The maximum atomic E-state index is 10.6. The molecule has 1 aromatic heterocycles. The summed E-state index contributed by atoms with van der Waals surface area (Å²) >= 11 is 0. The quantitative estimate of drug-likeness (QED) is 0.709. The molecule has 62 valence electrons. The lowest BCUT2D eigenvalue weighted by atomic mass is 10.5. The number of carbonyl (C=O) groups excluding carboxylic acids is 1. The van der Waals surface area contributed by atoms with Gasteiger partial charge in [-0.3, -0.25) is 4.79 Å². The highest BCUT2D eigenvalue weighted by Crippen LogP contribution is 2.01. The lowest BCUT2D eigenvalue weighted by molar-refractivity contribution is -0.114. The number of nitrogens with zero attached hydrogens (tertiary/aromatic N) is 2. The van der Waals surface area contributed by atoms with Crippen LogP contribution in [0.2, 0.25) is 0 Å². The summed E-state index contributed by atoms with van der Waals surface area (Å²) in [6, 6.07) is 1.62. The third-order valence-electron chi connectivity index (χ3n) is 1.16. The van der Waals surface area contributed by atoms with Crippen LogP contribution in [0.1, 0.15) is 12.7 Å². The topological polar surface area (TPSA) is 54.9 Å². The first kappa shape index (κ1) is 8.39. The monoisotopic (exact) mass is 163 g/mol. The zero-order valence-corrected chi connectivity index (χ0v) is 6.74. The summed E-state index contributed by atoms with van der Waals surface area (Å²) in [7, 11) is 0. The summed E-state index contributed by atoms with van der Waals surface area (Å²) in [4.78, 5) is 18.5. The zero-order chi connectivity index (χ0) is 8.97. The number of aromatic nitrogens is 2. The molecule has 0 aliphatic carbocycles. The molecule has 0 spiro atoms. The van der Waals surface area contributed by atoms with Crippen molar-refractivity contribution in [3.63, 3.8) is 0 Å². The minimum atomic E-state index is -0.149. The van der Waals surface area contributed by atoms with Gasteiger partial charge in [-0.15, -0.1) is 0 Å². The van der Waals surface area contributed by atoms with Crippen LogP contribution in [0.4, 0.5) is 5.82 Å². The summed E-state index contributed by atoms with van der Waals surface area (Å²) in [5, 5.41) is 2.54. The number of nitrogens with one attached hydrogen (secondary N) is 1. The molecule has 1 N–H and O–H groups in total. The third kappa shape index (κ3) is 2.16. The molecule has 0 radical (unpaired) electrons. The number of rotatable bonds is 2. The van der Waals surface area contributed by atoms with E-state index in [2.05, 4.69) is 21.9 Å². The molecule has 0 aromatic carbocycles. The highest BCUT2D eigenvalue weighted by atomic mass is 16.1. The van der Waals surface area contributed by atoms with Gasteiger partial charge < -0.3 is 5.32 Å². The first-order valence-corrected chi connectivity index (χ1v) is 3.45. The van der Waals surface area contributed by atoms with E-state index in [1.54, 1.807) is 12.3 Å². The highest BCUT2D eigenvalue weighted by molar-refractivity contribution is 5.87. The van der Waals surface area contributed by atoms with Gasteiger partial charge in [0, 0.05) is 13.1 Å². The largest absolute Gasteiger partial charge is 0.311 e. The molecule has 4 nitrogen and oxygen atoms in total.